The van der Waals surface area contributed by atoms with E-state index in [2.05, 4.69) is 26.6 Å². The van der Waals surface area contributed by atoms with Crippen LogP contribution in [0, 0.1) is 11.3 Å². The summed E-state index contributed by atoms with van der Waals surface area (Å²) < 4.78 is 0. The number of pyridine rings is 1. The number of carbonyl (C=O) groups excluding carboxylic acids is 1. The lowest BCUT2D eigenvalue weighted by atomic mass is 10.0. The van der Waals surface area contributed by atoms with Gasteiger partial charge >= 0.3 is 0 Å². The minimum Gasteiger partial charge on any atom is -0.396 e. The van der Waals surface area contributed by atoms with E-state index in [-0.39, 0.29) is 18.2 Å². The van der Waals surface area contributed by atoms with Crippen LogP contribution in [0.2, 0.25) is 0 Å². The molecule has 0 saturated carbocycles. The molecule has 1 amide bonds. The molecule has 0 aliphatic rings. The van der Waals surface area contributed by atoms with Gasteiger partial charge in [-0.25, -0.2) is 0 Å². The third-order valence-corrected chi connectivity index (χ3v) is 4.93. The predicted molar refractivity (Wildman–Crippen MR) is 112 cm³/mol. The number of rotatable bonds is 6. The topological polar surface area (TPSA) is 115 Å². The Bertz CT molecular complexity index is 1230. The Balaban J connectivity index is 1.61. The van der Waals surface area contributed by atoms with E-state index in [0.717, 1.165) is 27.5 Å². The first-order valence-electron chi connectivity index (χ1n) is 9.48. The summed E-state index contributed by atoms with van der Waals surface area (Å²) in [5.74, 6) is -0.341. The van der Waals surface area contributed by atoms with Gasteiger partial charge in [0.25, 0.3) is 5.91 Å². The van der Waals surface area contributed by atoms with Crippen LogP contribution in [0.3, 0.4) is 0 Å². The first-order valence-corrected chi connectivity index (χ1v) is 9.48. The fourth-order valence-electron chi connectivity index (χ4n) is 3.36. The van der Waals surface area contributed by atoms with Crippen LogP contribution in [-0.2, 0) is 0 Å². The lowest BCUT2D eigenvalue weighted by molar-refractivity contribution is 0.0925. The Hall–Kier alpha value is -4.02. The number of hydrogen-bond acceptors (Lipinski definition) is 5. The van der Waals surface area contributed by atoms with Crippen LogP contribution in [-0.4, -0.2) is 32.8 Å². The minimum atomic E-state index is -0.425. The number of carbonyl (C=O) groups is 1. The van der Waals surface area contributed by atoms with Gasteiger partial charge in [0.2, 0.25) is 0 Å². The SMILES string of the molecule is N#Cc1cccc(C(CCO)NC(=O)c2cc3cc(-c4cn[nH]c4)ccc3cn2)c1. The lowest BCUT2D eigenvalue weighted by Gasteiger charge is -2.18. The van der Waals surface area contributed by atoms with E-state index >= 15 is 0 Å². The van der Waals surface area contributed by atoms with Crippen LogP contribution in [0.15, 0.2) is 67.1 Å². The molecule has 1 unspecified atom stereocenters. The maximum absolute atomic E-state index is 12.9. The molecular formula is C23H19N5O2. The van der Waals surface area contributed by atoms with Crippen molar-refractivity contribution >= 4 is 16.7 Å². The molecule has 1 atom stereocenters. The third kappa shape index (κ3) is 4.04. The Morgan fingerprint density at radius 3 is 2.80 bits per heavy atom. The second kappa shape index (κ2) is 8.55. The highest BCUT2D eigenvalue weighted by atomic mass is 16.3. The number of hydrogen-bond donors (Lipinski definition) is 3. The fourth-order valence-corrected chi connectivity index (χ4v) is 3.36. The van der Waals surface area contributed by atoms with Crippen molar-refractivity contribution in [1.29, 1.82) is 5.26 Å². The number of aromatic nitrogens is 3. The van der Waals surface area contributed by atoms with Gasteiger partial charge in [-0.2, -0.15) is 10.4 Å². The molecule has 2 aromatic heterocycles. The highest BCUT2D eigenvalue weighted by Gasteiger charge is 2.17. The molecule has 3 N–H and O–H groups in total. The second-order valence-corrected chi connectivity index (χ2v) is 6.89. The maximum atomic E-state index is 12.9. The molecule has 0 aliphatic carbocycles. The molecule has 0 fully saturated rings. The maximum Gasteiger partial charge on any atom is 0.270 e. The van der Waals surface area contributed by atoms with Gasteiger partial charge in [0.1, 0.15) is 5.69 Å². The summed E-state index contributed by atoms with van der Waals surface area (Å²) in [7, 11) is 0. The second-order valence-electron chi connectivity index (χ2n) is 6.89. The van der Waals surface area contributed by atoms with Crippen LogP contribution in [0.4, 0.5) is 0 Å². The van der Waals surface area contributed by atoms with Crippen LogP contribution in [0.5, 0.6) is 0 Å². The Labute approximate surface area is 173 Å². The van der Waals surface area contributed by atoms with Crippen molar-refractivity contribution in [3.63, 3.8) is 0 Å². The van der Waals surface area contributed by atoms with E-state index in [1.165, 1.54) is 0 Å². The molecule has 30 heavy (non-hydrogen) atoms. The van der Waals surface area contributed by atoms with E-state index in [1.54, 1.807) is 36.7 Å². The van der Waals surface area contributed by atoms with Crippen molar-refractivity contribution in [2.75, 3.05) is 6.61 Å². The zero-order valence-corrected chi connectivity index (χ0v) is 16.0. The molecule has 4 rings (SSSR count). The molecule has 2 heterocycles. The van der Waals surface area contributed by atoms with Crippen molar-refractivity contribution in [1.82, 2.24) is 20.5 Å². The van der Waals surface area contributed by atoms with Crippen molar-refractivity contribution in [2.45, 2.75) is 12.5 Å². The van der Waals surface area contributed by atoms with Gasteiger partial charge in [0.05, 0.1) is 23.9 Å². The molecule has 7 heteroatoms. The molecule has 0 aliphatic heterocycles. The quantitative estimate of drug-likeness (QED) is 0.462. The van der Waals surface area contributed by atoms with Gasteiger partial charge in [-0.3, -0.25) is 14.9 Å². The number of aliphatic hydroxyl groups is 1. The minimum absolute atomic E-state index is 0.0963. The Morgan fingerprint density at radius 1 is 1.13 bits per heavy atom. The van der Waals surface area contributed by atoms with Crippen molar-refractivity contribution < 1.29 is 9.90 Å². The monoisotopic (exact) mass is 397 g/mol. The van der Waals surface area contributed by atoms with Crippen LogP contribution >= 0.6 is 0 Å². The zero-order chi connectivity index (χ0) is 20.9. The number of aromatic amines is 1. The first-order chi connectivity index (χ1) is 14.7. The molecular weight excluding hydrogens is 378 g/mol. The predicted octanol–water partition coefficient (Wildman–Crippen LogP) is 3.35. The highest BCUT2D eigenvalue weighted by Crippen LogP contribution is 2.24. The summed E-state index contributed by atoms with van der Waals surface area (Å²) >= 11 is 0. The first kappa shape index (κ1) is 19.3. The summed E-state index contributed by atoms with van der Waals surface area (Å²) in [4.78, 5) is 17.2. The highest BCUT2D eigenvalue weighted by molar-refractivity contribution is 5.97. The summed E-state index contributed by atoms with van der Waals surface area (Å²) in [6, 6.07) is 16.3. The molecule has 2 aromatic carbocycles. The van der Waals surface area contributed by atoms with E-state index in [0.29, 0.717) is 12.0 Å². The number of aliphatic hydroxyl groups excluding tert-OH is 1. The smallest absolute Gasteiger partial charge is 0.270 e. The van der Waals surface area contributed by atoms with E-state index in [4.69, 9.17) is 5.26 Å². The standard InChI is InChI=1S/C23H19N5O2/c24-11-15-2-1-3-17(8-15)21(6-7-29)28-23(30)22-10-19-9-16(20-13-26-27-14-20)4-5-18(19)12-25-22/h1-5,8-10,12-14,21,29H,6-7H2,(H,26,27)(H,28,30). The average molecular weight is 397 g/mol. The lowest BCUT2D eigenvalue weighted by Crippen LogP contribution is -2.30. The number of H-pyrrole nitrogens is 1. The third-order valence-electron chi connectivity index (χ3n) is 4.93. The van der Waals surface area contributed by atoms with Crippen molar-refractivity contribution in [3.05, 3.63) is 83.9 Å². The Morgan fingerprint density at radius 2 is 2.03 bits per heavy atom. The molecule has 7 nitrogen and oxygen atoms in total. The summed E-state index contributed by atoms with van der Waals surface area (Å²) in [6.45, 7) is -0.0963. The van der Waals surface area contributed by atoms with Gasteiger partial charge in [0, 0.05) is 30.0 Å². The van der Waals surface area contributed by atoms with Gasteiger partial charge in [-0.1, -0.05) is 24.3 Å². The van der Waals surface area contributed by atoms with Crippen LogP contribution in [0.25, 0.3) is 21.9 Å². The van der Waals surface area contributed by atoms with Gasteiger partial charge in [-0.15, -0.1) is 0 Å². The number of nitrogens with one attached hydrogen (secondary N) is 2. The largest absolute Gasteiger partial charge is 0.396 e. The molecule has 148 valence electrons. The van der Waals surface area contributed by atoms with E-state index in [1.807, 2.05) is 30.5 Å². The summed E-state index contributed by atoms with van der Waals surface area (Å²) in [5, 5.41) is 30.1. The molecule has 0 radical (unpaired) electrons. The zero-order valence-electron chi connectivity index (χ0n) is 16.0. The van der Waals surface area contributed by atoms with E-state index < -0.39 is 6.04 Å². The molecule has 0 saturated heterocycles. The van der Waals surface area contributed by atoms with Crippen molar-refractivity contribution in [2.24, 2.45) is 0 Å². The normalized spacial score (nSPS) is 11.7. The van der Waals surface area contributed by atoms with Crippen molar-refractivity contribution in [3.8, 4) is 17.2 Å². The summed E-state index contributed by atoms with van der Waals surface area (Å²) in [5.41, 5.74) is 3.49. The average Bonchev–Trinajstić information content (AvgIpc) is 3.33. The number of nitriles is 1. The van der Waals surface area contributed by atoms with Gasteiger partial charge in [0.15, 0.2) is 0 Å². The molecule has 0 spiro atoms. The van der Waals surface area contributed by atoms with Crippen LogP contribution < -0.4 is 5.32 Å². The van der Waals surface area contributed by atoms with Gasteiger partial charge in [-0.05, 0) is 47.2 Å². The van der Waals surface area contributed by atoms with Gasteiger partial charge < -0.3 is 10.4 Å². The number of benzene rings is 2. The molecule has 4 aromatic rings. The fraction of sp³-hybridized carbons (Fsp3) is 0.130. The molecule has 0 bridgehead atoms. The van der Waals surface area contributed by atoms with E-state index in [9.17, 15) is 9.90 Å². The van der Waals surface area contributed by atoms with Crippen LogP contribution in [0.1, 0.15) is 34.1 Å². The number of fused-ring (bicyclic) bond motifs is 1. The number of nitrogens with zero attached hydrogens (tertiary/aromatic N) is 3. The number of amides is 1. The summed E-state index contributed by atoms with van der Waals surface area (Å²) in [6.07, 6.45) is 5.55. The Kier molecular flexibility index (Phi) is 5.50.